The van der Waals surface area contributed by atoms with E-state index in [0.717, 1.165) is 5.75 Å². The van der Waals surface area contributed by atoms with Crippen molar-refractivity contribution in [3.05, 3.63) is 53.0 Å². The third-order valence-electron chi connectivity index (χ3n) is 3.13. The second-order valence-corrected chi connectivity index (χ2v) is 5.00. The lowest BCUT2D eigenvalue weighted by molar-refractivity contribution is 0.0695. The van der Waals surface area contributed by atoms with Crippen molar-refractivity contribution in [2.45, 2.75) is 33.3 Å². The number of carboxylic acid groups (broad SMARTS) is 1. The van der Waals surface area contributed by atoms with Gasteiger partial charge in [-0.25, -0.2) is 4.79 Å². The zero-order valence-corrected chi connectivity index (χ0v) is 11.8. The molecule has 0 aliphatic heterocycles. The van der Waals surface area contributed by atoms with Crippen molar-refractivity contribution in [1.82, 2.24) is 0 Å². The van der Waals surface area contributed by atoms with Crippen molar-refractivity contribution >= 4 is 5.97 Å². The van der Waals surface area contributed by atoms with Crippen LogP contribution in [-0.4, -0.2) is 11.1 Å². The van der Waals surface area contributed by atoms with Gasteiger partial charge in [-0.05, 0) is 36.6 Å². The second-order valence-electron chi connectivity index (χ2n) is 5.00. The normalized spacial score (nSPS) is 10.8. The summed E-state index contributed by atoms with van der Waals surface area (Å²) in [4.78, 5) is 10.9. The van der Waals surface area contributed by atoms with E-state index in [0.29, 0.717) is 17.4 Å². The van der Waals surface area contributed by atoms with Gasteiger partial charge < -0.3 is 14.3 Å². The summed E-state index contributed by atoms with van der Waals surface area (Å²) in [5, 5.41) is 8.95. The number of aryl methyl sites for hydroxylation is 1. The fraction of sp³-hybridized carbons (Fsp3) is 0.312. The van der Waals surface area contributed by atoms with Gasteiger partial charge in [0.2, 0.25) is 0 Å². The van der Waals surface area contributed by atoms with Crippen LogP contribution < -0.4 is 4.74 Å². The minimum absolute atomic E-state index is 0.179. The van der Waals surface area contributed by atoms with Crippen molar-refractivity contribution in [3.63, 3.8) is 0 Å². The first-order chi connectivity index (χ1) is 9.47. The predicted molar refractivity (Wildman–Crippen MR) is 75.3 cm³/mol. The highest BCUT2D eigenvalue weighted by molar-refractivity contribution is 5.88. The molecule has 0 amide bonds. The Bertz CT molecular complexity index is 593. The summed E-state index contributed by atoms with van der Waals surface area (Å²) in [6.07, 6.45) is 0. The molecule has 1 aromatic heterocycles. The van der Waals surface area contributed by atoms with Gasteiger partial charge in [-0.2, -0.15) is 0 Å². The molecular formula is C16H18O4. The number of carboxylic acids is 1. The molecule has 2 rings (SSSR count). The summed E-state index contributed by atoms with van der Waals surface area (Å²) in [6.45, 7) is 6.11. The number of rotatable bonds is 5. The van der Waals surface area contributed by atoms with Crippen LogP contribution >= 0.6 is 0 Å². The van der Waals surface area contributed by atoms with Crippen LogP contribution in [0.4, 0.5) is 0 Å². The maximum atomic E-state index is 10.9. The molecule has 0 aliphatic rings. The molecular weight excluding hydrogens is 256 g/mol. The Hall–Kier alpha value is -2.23. The highest BCUT2D eigenvalue weighted by Gasteiger charge is 2.13. The van der Waals surface area contributed by atoms with Gasteiger partial charge in [-0.1, -0.05) is 26.0 Å². The Kier molecular flexibility index (Phi) is 4.13. The summed E-state index contributed by atoms with van der Waals surface area (Å²) in [5.41, 5.74) is 1.43. The smallest absolute Gasteiger partial charge is 0.339 e. The molecule has 0 atom stereocenters. The van der Waals surface area contributed by atoms with E-state index >= 15 is 0 Å². The van der Waals surface area contributed by atoms with Gasteiger partial charge in [0.05, 0.1) is 0 Å². The van der Waals surface area contributed by atoms with Crippen molar-refractivity contribution in [2.24, 2.45) is 0 Å². The highest BCUT2D eigenvalue weighted by Crippen LogP contribution is 2.21. The number of aromatic carboxylic acids is 1. The maximum absolute atomic E-state index is 10.9. The number of ether oxygens (including phenoxy) is 1. The number of benzene rings is 1. The number of hydrogen-bond donors (Lipinski definition) is 1. The fourth-order valence-corrected chi connectivity index (χ4v) is 1.93. The number of furan rings is 1. The van der Waals surface area contributed by atoms with Gasteiger partial charge in [0, 0.05) is 0 Å². The van der Waals surface area contributed by atoms with Crippen LogP contribution in [0.25, 0.3) is 0 Å². The van der Waals surface area contributed by atoms with E-state index in [1.807, 2.05) is 24.3 Å². The third kappa shape index (κ3) is 3.20. The van der Waals surface area contributed by atoms with Gasteiger partial charge in [-0.3, -0.25) is 0 Å². The van der Waals surface area contributed by atoms with Crippen LogP contribution in [0, 0.1) is 6.92 Å². The Balaban J connectivity index is 2.01. The van der Waals surface area contributed by atoms with E-state index in [4.69, 9.17) is 14.3 Å². The van der Waals surface area contributed by atoms with Gasteiger partial charge in [0.1, 0.15) is 29.4 Å². The molecule has 0 radical (unpaired) electrons. The molecule has 0 fully saturated rings. The molecule has 0 aliphatic carbocycles. The van der Waals surface area contributed by atoms with Gasteiger partial charge in [-0.15, -0.1) is 0 Å². The topological polar surface area (TPSA) is 59.7 Å². The molecule has 0 spiro atoms. The van der Waals surface area contributed by atoms with Gasteiger partial charge >= 0.3 is 5.97 Å². The fourth-order valence-electron chi connectivity index (χ4n) is 1.93. The zero-order chi connectivity index (χ0) is 14.7. The summed E-state index contributed by atoms with van der Waals surface area (Å²) in [7, 11) is 0. The molecule has 1 aromatic carbocycles. The lowest BCUT2D eigenvalue weighted by atomic mass is 10.0. The average Bonchev–Trinajstić information content (AvgIpc) is 2.78. The molecule has 1 N–H and O–H groups in total. The van der Waals surface area contributed by atoms with Crippen molar-refractivity contribution in [3.8, 4) is 5.75 Å². The first-order valence-corrected chi connectivity index (χ1v) is 6.52. The zero-order valence-electron chi connectivity index (χ0n) is 11.8. The molecule has 2 aromatic rings. The van der Waals surface area contributed by atoms with Crippen LogP contribution in [0.5, 0.6) is 5.75 Å². The summed E-state index contributed by atoms with van der Waals surface area (Å²) in [6, 6.07) is 9.36. The van der Waals surface area contributed by atoms with E-state index in [-0.39, 0.29) is 12.2 Å². The lowest BCUT2D eigenvalue weighted by Crippen LogP contribution is -1.96. The van der Waals surface area contributed by atoms with Crippen LogP contribution in [0.3, 0.4) is 0 Å². The molecule has 106 valence electrons. The lowest BCUT2D eigenvalue weighted by Gasteiger charge is -2.07. The SMILES string of the molecule is Cc1oc(COc2ccc(C(C)C)cc2)cc1C(=O)O. The van der Waals surface area contributed by atoms with Gasteiger partial charge in [0.25, 0.3) is 0 Å². The predicted octanol–water partition coefficient (Wildman–Crippen LogP) is 3.99. The van der Waals surface area contributed by atoms with Crippen LogP contribution in [0.1, 0.15) is 47.2 Å². The Morgan fingerprint density at radius 3 is 2.45 bits per heavy atom. The van der Waals surface area contributed by atoms with E-state index in [2.05, 4.69) is 13.8 Å². The van der Waals surface area contributed by atoms with Crippen LogP contribution in [-0.2, 0) is 6.61 Å². The summed E-state index contributed by atoms with van der Waals surface area (Å²) < 4.78 is 10.9. The molecule has 4 heteroatoms. The van der Waals surface area contributed by atoms with E-state index in [1.54, 1.807) is 6.92 Å². The first-order valence-electron chi connectivity index (χ1n) is 6.52. The highest BCUT2D eigenvalue weighted by atomic mass is 16.5. The first kappa shape index (κ1) is 14.2. The molecule has 0 saturated carbocycles. The van der Waals surface area contributed by atoms with E-state index < -0.39 is 5.97 Å². The average molecular weight is 274 g/mol. The molecule has 0 unspecified atom stereocenters. The van der Waals surface area contributed by atoms with Crippen molar-refractivity contribution in [2.75, 3.05) is 0 Å². The van der Waals surface area contributed by atoms with Gasteiger partial charge in [0.15, 0.2) is 0 Å². The second kappa shape index (κ2) is 5.82. The number of hydrogen-bond acceptors (Lipinski definition) is 3. The Morgan fingerprint density at radius 1 is 1.30 bits per heavy atom. The molecule has 4 nitrogen and oxygen atoms in total. The molecule has 1 heterocycles. The van der Waals surface area contributed by atoms with Crippen LogP contribution in [0.15, 0.2) is 34.7 Å². The molecule has 20 heavy (non-hydrogen) atoms. The maximum Gasteiger partial charge on any atom is 0.339 e. The number of carbonyl (C=O) groups is 1. The minimum atomic E-state index is -0.987. The third-order valence-corrected chi connectivity index (χ3v) is 3.13. The van der Waals surface area contributed by atoms with E-state index in [1.165, 1.54) is 11.6 Å². The standard InChI is InChI=1S/C16H18O4/c1-10(2)12-4-6-13(7-5-12)19-9-14-8-15(16(17)18)11(3)20-14/h4-8,10H,9H2,1-3H3,(H,17,18). The Labute approximate surface area is 118 Å². The molecule has 0 bridgehead atoms. The van der Waals surface area contributed by atoms with Crippen molar-refractivity contribution < 1.29 is 19.1 Å². The monoisotopic (exact) mass is 274 g/mol. The van der Waals surface area contributed by atoms with Crippen LogP contribution in [0.2, 0.25) is 0 Å². The van der Waals surface area contributed by atoms with E-state index in [9.17, 15) is 4.79 Å². The van der Waals surface area contributed by atoms with Crippen molar-refractivity contribution in [1.29, 1.82) is 0 Å². The summed E-state index contributed by atoms with van der Waals surface area (Å²) >= 11 is 0. The quantitative estimate of drug-likeness (QED) is 0.895. The largest absolute Gasteiger partial charge is 0.486 e. The minimum Gasteiger partial charge on any atom is -0.486 e. The summed E-state index contributed by atoms with van der Waals surface area (Å²) in [5.74, 6) is 1.13. The Morgan fingerprint density at radius 2 is 1.95 bits per heavy atom. The molecule has 0 saturated heterocycles.